The first kappa shape index (κ1) is 17.9. The standard InChI is InChI=1S/C16H24N2O4S/c1-6-22-11-7-16(14(20)21,15(11,4)5)18-12(19)10-8-23-13(17-10)9(2)3/h8-9,11H,6-7H2,1-5H3,(H,18,19)(H,20,21). The Balaban J connectivity index is 2.20. The van der Waals surface area contributed by atoms with Crippen LogP contribution in [0.3, 0.4) is 0 Å². The van der Waals surface area contributed by atoms with E-state index >= 15 is 0 Å². The van der Waals surface area contributed by atoms with Crippen LogP contribution in [-0.4, -0.2) is 40.2 Å². The van der Waals surface area contributed by atoms with Crippen LogP contribution in [0.4, 0.5) is 0 Å². The number of amides is 1. The molecule has 1 aliphatic carbocycles. The number of hydrogen-bond donors (Lipinski definition) is 2. The number of aromatic nitrogens is 1. The third kappa shape index (κ3) is 2.87. The second-order valence-electron chi connectivity index (χ2n) is 6.76. The van der Waals surface area contributed by atoms with Gasteiger partial charge < -0.3 is 15.2 Å². The minimum atomic E-state index is -1.33. The van der Waals surface area contributed by atoms with Crippen LogP contribution in [0, 0.1) is 5.41 Å². The van der Waals surface area contributed by atoms with Crippen molar-refractivity contribution in [3.8, 4) is 0 Å². The maximum absolute atomic E-state index is 12.5. The van der Waals surface area contributed by atoms with E-state index in [1.807, 2.05) is 34.6 Å². The second-order valence-corrected chi connectivity index (χ2v) is 7.65. The molecule has 0 aromatic carbocycles. The molecule has 23 heavy (non-hydrogen) atoms. The lowest BCUT2D eigenvalue weighted by Gasteiger charge is -2.58. The Labute approximate surface area is 140 Å². The van der Waals surface area contributed by atoms with Crippen LogP contribution in [0.1, 0.15) is 62.5 Å². The zero-order chi connectivity index (χ0) is 17.4. The van der Waals surface area contributed by atoms with Crippen molar-refractivity contribution in [2.75, 3.05) is 6.61 Å². The van der Waals surface area contributed by atoms with E-state index in [4.69, 9.17) is 4.74 Å². The summed E-state index contributed by atoms with van der Waals surface area (Å²) in [4.78, 5) is 28.6. The molecular formula is C16H24N2O4S. The molecule has 0 radical (unpaired) electrons. The van der Waals surface area contributed by atoms with Gasteiger partial charge in [-0.15, -0.1) is 11.3 Å². The molecule has 1 saturated carbocycles. The van der Waals surface area contributed by atoms with Gasteiger partial charge in [0.05, 0.1) is 11.1 Å². The molecule has 2 N–H and O–H groups in total. The molecule has 2 unspecified atom stereocenters. The molecule has 0 spiro atoms. The number of nitrogens with one attached hydrogen (secondary N) is 1. The molecule has 2 rings (SSSR count). The fourth-order valence-corrected chi connectivity index (χ4v) is 3.77. The summed E-state index contributed by atoms with van der Waals surface area (Å²) < 4.78 is 5.59. The van der Waals surface area contributed by atoms with Crippen molar-refractivity contribution < 1.29 is 19.4 Å². The number of hydrogen-bond acceptors (Lipinski definition) is 5. The van der Waals surface area contributed by atoms with Gasteiger partial charge in [0.1, 0.15) is 11.2 Å². The van der Waals surface area contributed by atoms with Gasteiger partial charge in [0.15, 0.2) is 0 Å². The van der Waals surface area contributed by atoms with Gasteiger partial charge in [-0.25, -0.2) is 9.78 Å². The third-order valence-corrected chi connectivity index (χ3v) is 5.85. The molecular weight excluding hydrogens is 316 g/mol. The number of carboxylic acid groups (broad SMARTS) is 1. The van der Waals surface area contributed by atoms with Gasteiger partial charge in [-0.05, 0) is 6.92 Å². The van der Waals surface area contributed by atoms with Crippen LogP contribution in [0.2, 0.25) is 0 Å². The van der Waals surface area contributed by atoms with E-state index in [0.717, 1.165) is 5.01 Å². The lowest BCUT2D eigenvalue weighted by molar-refractivity contribution is -0.190. The normalized spacial score (nSPS) is 25.9. The summed E-state index contributed by atoms with van der Waals surface area (Å²) in [6, 6.07) is 0. The van der Waals surface area contributed by atoms with Gasteiger partial charge in [0.25, 0.3) is 5.91 Å². The maximum atomic E-state index is 12.5. The highest BCUT2D eigenvalue weighted by molar-refractivity contribution is 7.09. The van der Waals surface area contributed by atoms with Crippen LogP contribution in [0.15, 0.2) is 5.38 Å². The monoisotopic (exact) mass is 340 g/mol. The number of carboxylic acids is 1. The van der Waals surface area contributed by atoms with E-state index < -0.39 is 22.8 Å². The molecule has 7 heteroatoms. The molecule has 0 aliphatic heterocycles. The Kier molecular flexibility index (Phi) is 4.82. The first-order valence-electron chi connectivity index (χ1n) is 7.78. The summed E-state index contributed by atoms with van der Waals surface area (Å²) in [5.41, 5.74) is -1.75. The summed E-state index contributed by atoms with van der Waals surface area (Å²) in [6.07, 6.45) is 0.0707. The Morgan fingerprint density at radius 3 is 2.61 bits per heavy atom. The van der Waals surface area contributed by atoms with Gasteiger partial charge in [-0.1, -0.05) is 27.7 Å². The Hall–Kier alpha value is -1.47. The number of carbonyl (C=O) groups is 2. The molecule has 1 aliphatic rings. The summed E-state index contributed by atoms with van der Waals surface area (Å²) in [5.74, 6) is -1.25. The Morgan fingerprint density at radius 2 is 2.17 bits per heavy atom. The molecule has 0 bridgehead atoms. The van der Waals surface area contributed by atoms with Gasteiger partial charge in [-0.3, -0.25) is 4.79 Å². The van der Waals surface area contributed by atoms with E-state index in [9.17, 15) is 14.7 Å². The number of nitrogens with zero attached hydrogens (tertiary/aromatic N) is 1. The highest BCUT2D eigenvalue weighted by Gasteiger charge is 2.66. The molecule has 1 amide bonds. The molecule has 1 aromatic rings. The Morgan fingerprint density at radius 1 is 1.52 bits per heavy atom. The molecule has 1 fully saturated rings. The number of aliphatic carboxylic acids is 1. The minimum Gasteiger partial charge on any atom is -0.479 e. The van der Waals surface area contributed by atoms with Crippen LogP contribution in [0.5, 0.6) is 0 Å². The first-order chi connectivity index (χ1) is 10.7. The minimum absolute atomic E-state index is 0.189. The zero-order valence-electron chi connectivity index (χ0n) is 14.2. The molecule has 6 nitrogen and oxygen atoms in total. The van der Waals surface area contributed by atoms with Crippen LogP contribution >= 0.6 is 11.3 Å². The van der Waals surface area contributed by atoms with Crippen molar-refractivity contribution in [3.05, 3.63) is 16.1 Å². The summed E-state index contributed by atoms with van der Waals surface area (Å²) in [7, 11) is 0. The molecule has 0 saturated heterocycles. The molecule has 1 heterocycles. The van der Waals surface area contributed by atoms with Gasteiger partial charge >= 0.3 is 5.97 Å². The van der Waals surface area contributed by atoms with Gasteiger partial charge in [0, 0.05) is 29.7 Å². The quantitative estimate of drug-likeness (QED) is 0.831. The van der Waals surface area contributed by atoms with Crippen LogP contribution in [-0.2, 0) is 9.53 Å². The van der Waals surface area contributed by atoms with E-state index in [1.165, 1.54) is 11.3 Å². The van der Waals surface area contributed by atoms with Crippen molar-refractivity contribution >= 4 is 23.2 Å². The highest BCUT2D eigenvalue weighted by atomic mass is 32.1. The van der Waals surface area contributed by atoms with Crippen LogP contribution in [0.25, 0.3) is 0 Å². The van der Waals surface area contributed by atoms with Crippen molar-refractivity contribution in [1.29, 1.82) is 0 Å². The van der Waals surface area contributed by atoms with E-state index in [0.29, 0.717) is 6.61 Å². The number of carbonyl (C=O) groups excluding carboxylic acids is 1. The lowest BCUT2D eigenvalue weighted by Crippen LogP contribution is -2.76. The predicted octanol–water partition coefficient (Wildman–Crippen LogP) is 2.65. The Bertz CT molecular complexity index is 611. The second kappa shape index (κ2) is 6.20. The molecule has 2 atom stereocenters. The average molecular weight is 340 g/mol. The molecule has 1 aromatic heterocycles. The van der Waals surface area contributed by atoms with Gasteiger partial charge in [0.2, 0.25) is 0 Å². The largest absolute Gasteiger partial charge is 0.479 e. The van der Waals surface area contributed by atoms with E-state index in [-0.39, 0.29) is 24.1 Å². The SMILES string of the molecule is CCOC1CC(NC(=O)c2csc(C(C)C)n2)(C(=O)O)C1(C)C. The fourth-order valence-electron chi connectivity index (χ4n) is 2.95. The third-order valence-electron chi connectivity index (χ3n) is 4.70. The first-order valence-corrected chi connectivity index (χ1v) is 8.66. The number of rotatable bonds is 6. The van der Waals surface area contributed by atoms with Gasteiger partial charge in [-0.2, -0.15) is 0 Å². The summed E-state index contributed by atoms with van der Waals surface area (Å²) >= 11 is 1.41. The predicted molar refractivity (Wildman–Crippen MR) is 87.8 cm³/mol. The van der Waals surface area contributed by atoms with Crippen molar-refractivity contribution in [3.63, 3.8) is 0 Å². The smallest absolute Gasteiger partial charge is 0.330 e. The number of thiazole rings is 1. The number of ether oxygens (including phenoxy) is 1. The van der Waals surface area contributed by atoms with Crippen molar-refractivity contribution in [2.24, 2.45) is 5.41 Å². The highest BCUT2D eigenvalue weighted by Crippen LogP contribution is 2.51. The van der Waals surface area contributed by atoms with Crippen LogP contribution < -0.4 is 5.32 Å². The van der Waals surface area contributed by atoms with Crippen molar-refractivity contribution in [2.45, 2.75) is 58.6 Å². The van der Waals surface area contributed by atoms with Crippen molar-refractivity contribution in [1.82, 2.24) is 10.3 Å². The lowest BCUT2D eigenvalue weighted by atomic mass is 9.54. The topological polar surface area (TPSA) is 88.5 Å². The molecule has 128 valence electrons. The fraction of sp³-hybridized carbons (Fsp3) is 0.688. The maximum Gasteiger partial charge on any atom is 0.330 e. The average Bonchev–Trinajstić information content (AvgIpc) is 2.95. The summed E-state index contributed by atoms with van der Waals surface area (Å²) in [6.45, 7) is 10.0. The zero-order valence-corrected chi connectivity index (χ0v) is 15.0. The van der Waals surface area contributed by atoms with E-state index in [1.54, 1.807) is 5.38 Å². The summed E-state index contributed by atoms with van der Waals surface area (Å²) in [5, 5.41) is 14.9. The van der Waals surface area contributed by atoms with E-state index in [2.05, 4.69) is 10.3 Å².